The van der Waals surface area contributed by atoms with Crippen molar-refractivity contribution < 1.29 is 23.4 Å². The average molecular weight is 355 g/mol. The van der Waals surface area contributed by atoms with E-state index >= 15 is 0 Å². The molecule has 0 spiro atoms. The quantitative estimate of drug-likeness (QED) is 0.656. The van der Waals surface area contributed by atoms with Crippen LogP contribution in [0.2, 0.25) is 0 Å². The Kier molecular flexibility index (Phi) is 8.16. The minimum absolute atomic E-state index is 0.0535. The molecule has 1 aromatic carbocycles. The molecular weight excluding hydrogens is 325 g/mol. The molecule has 1 saturated heterocycles. The van der Waals surface area contributed by atoms with Gasteiger partial charge in [-0.25, -0.2) is 4.39 Å². The summed E-state index contributed by atoms with van der Waals surface area (Å²) in [5.74, 6) is -0.665. The minimum atomic E-state index is -0.597. The number of anilines is 1. The van der Waals surface area contributed by atoms with Crippen molar-refractivity contribution in [3.05, 3.63) is 23.5 Å². The molecule has 1 aromatic rings. The van der Waals surface area contributed by atoms with Crippen molar-refractivity contribution >= 4 is 11.7 Å². The summed E-state index contributed by atoms with van der Waals surface area (Å²) in [5.41, 5.74) is 6.11. The fraction of sp³-hybridized carbons (Fsp3) is 0.632. The highest BCUT2D eigenvalue weighted by molar-refractivity contribution is 5.76. The lowest BCUT2D eigenvalue weighted by Crippen LogP contribution is -2.27. The summed E-state index contributed by atoms with van der Waals surface area (Å²) >= 11 is 0. The molecular formula is C19H30FNO4. The highest BCUT2D eigenvalue weighted by Crippen LogP contribution is 2.30. The van der Waals surface area contributed by atoms with Crippen LogP contribution in [0, 0.1) is 5.82 Å². The van der Waals surface area contributed by atoms with E-state index in [1.807, 2.05) is 13.8 Å². The molecule has 1 aliphatic heterocycles. The van der Waals surface area contributed by atoms with Crippen LogP contribution in [0.5, 0.6) is 5.75 Å². The fourth-order valence-corrected chi connectivity index (χ4v) is 2.40. The predicted molar refractivity (Wildman–Crippen MR) is 96.2 cm³/mol. The normalized spacial score (nSPS) is 15.1. The van der Waals surface area contributed by atoms with Gasteiger partial charge in [-0.1, -0.05) is 13.8 Å². The molecule has 1 heterocycles. The van der Waals surface area contributed by atoms with Crippen LogP contribution in [-0.4, -0.2) is 30.9 Å². The Morgan fingerprint density at radius 1 is 1.28 bits per heavy atom. The number of carbonyl (C=O) groups is 1. The molecule has 0 atom stereocenters. The summed E-state index contributed by atoms with van der Waals surface area (Å²) in [5, 5.41) is 0. The number of carbonyl (C=O) groups excluding carboxylic acids is 1. The third-order valence-corrected chi connectivity index (χ3v) is 3.41. The summed E-state index contributed by atoms with van der Waals surface area (Å²) in [7, 11) is 0. The lowest BCUT2D eigenvalue weighted by Gasteiger charge is -2.25. The number of halogens is 1. The zero-order valence-corrected chi connectivity index (χ0v) is 15.9. The summed E-state index contributed by atoms with van der Waals surface area (Å²) in [4.78, 5) is 11.9. The van der Waals surface area contributed by atoms with Gasteiger partial charge in [-0.2, -0.15) is 0 Å². The third kappa shape index (κ3) is 7.30. The number of hydrogen-bond donors (Lipinski definition) is 1. The van der Waals surface area contributed by atoms with Gasteiger partial charge in [0.1, 0.15) is 23.3 Å². The molecule has 1 fully saturated rings. The molecule has 0 saturated carbocycles. The number of rotatable bonds is 4. The largest absolute Gasteiger partial charge is 0.488 e. The van der Waals surface area contributed by atoms with Crippen molar-refractivity contribution in [3.8, 4) is 5.75 Å². The Labute approximate surface area is 149 Å². The molecule has 2 rings (SSSR count). The van der Waals surface area contributed by atoms with E-state index in [0.717, 1.165) is 12.8 Å². The first-order valence-corrected chi connectivity index (χ1v) is 8.79. The first-order valence-electron chi connectivity index (χ1n) is 8.79. The fourth-order valence-electron chi connectivity index (χ4n) is 2.40. The van der Waals surface area contributed by atoms with Crippen LogP contribution in [0.25, 0.3) is 0 Å². The van der Waals surface area contributed by atoms with Crippen LogP contribution in [-0.2, 0) is 20.7 Å². The van der Waals surface area contributed by atoms with Crippen LogP contribution < -0.4 is 10.5 Å². The molecule has 0 amide bonds. The average Bonchev–Trinajstić information content (AvgIpc) is 2.53. The van der Waals surface area contributed by atoms with Gasteiger partial charge in [0.2, 0.25) is 0 Å². The van der Waals surface area contributed by atoms with Crippen molar-refractivity contribution in [1.82, 2.24) is 0 Å². The summed E-state index contributed by atoms with van der Waals surface area (Å²) in [6.07, 6.45) is 1.32. The zero-order chi connectivity index (χ0) is 19.0. The second kappa shape index (κ2) is 9.61. The summed E-state index contributed by atoms with van der Waals surface area (Å²) in [6.45, 7) is 10.6. The van der Waals surface area contributed by atoms with Crippen LogP contribution in [0.15, 0.2) is 12.1 Å². The molecule has 0 aliphatic carbocycles. The molecule has 5 nitrogen and oxygen atoms in total. The van der Waals surface area contributed by atoms with Crippen LogP contribution in [0.3, 0.4) is 0 Å². The Hall–Kier alpha value is -1.82. The minimum Gasteiger partial charge on any atom is -0.488 e. The molecule has 0 bridgehead atoms. The van der Waals surface area contributed by atoms with Crippen LogP contribution in [0.4, 0.5) is 10.1 Å². The maximum atomic E-state index is 13.8. The number of ether oxygens (including phenoxy) is 3. The number of hydrogen-bond acceptors (Lipinski definition) is 5. The van der Waals surface area contributed by atoms with E-state index in [9.17, 15) is 9.18 Å². The van der Waals surface area contributed by atoms with Crippen LogP contribution >= 0.6 is 0 Å². The zero-order valence-electron chi connectivity index (χ0n) is 15.9. The topological polar surface area (TPSA) is 70.8 Å². The molecule has 0 radical (unpaired) electrons. The summed E-state index contributed by atoms with van der Waals surface area (Å²) < 4.78 is 30.2. The molecule has 6 heteroatoms. The maximum Gasteiger partial charge on any atom is 0.310 e. The standard InChI is InChI=1S/C17H24FNO4.C2H6/c1-17(2,3)23-15(20)9-11-8-12(18)10-14(16(11)19)22-13-4-6-21-7-5-13;1-2/h8,10,13H,4-7,9,19H2,1-3H3;1-2H3. The van der Waals surface area contributed by atoms with Gasteiger partial charge < -0.3 is 19.9 Å². The van der Waals surface area contributed by atoms with Crippen molar-refractivity contribution in [1.29, 1.82) is 0 Å². The van der Waals surface area contributed by atoms with Gasteiger partial charge in [0.15, 0.2) is 0 Å². The lowest BCUT2D eigenvalue weighted by atomic mass is 10.1. The smallest absolute Gasteiger partial charge is 0.310 e. The number of esters is 1. The monoisotopic (exact) mass is 355 g/mol. The van der Waals surface area contributed by atoms with E-state index in [4.69, 9.17) is 19.9 Å². The molecule has 142 valence electrons. The van der Waals surface area contributed by atoms with E-state index in [2.05, 4.69) is 0 Å². The maximum absolute atomic E-state index is 13.8. The highest BCUT2D eigenvalue weighted by atomic mass is 19.1. The van der Waals surface area contributed by atoms with Gasteiger partial charge in [0, 0.05) is 18.9 Å². The predicted octanol–water partition coefficient (Wildman–Crippen LogP) is 3.88. The molecule has 0 unspecified atom stereocenters. The van der Waals surface area contributed by atoms with Gasteiger partial charge >= 0.3 is 5.97 Å². The van der Waals surface area contributed by atoms with E-state index in [1.165, 1.54) is 12.1 Å². The van der Waals surface area contributed by atoms with Crippen molar-refractivity contribution in [3.63, 3.8) is 0 Å². The van der Waals surface area contributed by atoms with E-state index < -0.39 is 17.4 Å². The SMILES string of the molecule is CC.CC(C)(C)OC(=O)Cc1cc(F)cc(OC2CCOCC2)c1N. The second-order valence-corrected chi connectivity index (χ2v) is 6.67. The third-order valence-electron chi connectivity index (χ3n) is 3.41. The van der Waals surface area contributed by atoms with Crippen LogP contribution in [0.1, 0.15) is 53.0 Å². The Morgan fingerprint density at radius 3 is 2.44 bits per heavy atom. The second-order valence-electron chi connectivity index (χ2n) is 6.67. The number of nitrogen functional groups attached to an aromatic ring is 1. The molecule has 0 aromatic heterocycles. The van der Waals surface area contributed by atoms with Crippen molar-refractivity contribution in [2.24, 2.45) is 0 Å². The Bertz CT molecular complexity index is 563. The van der Waals surface area contributed by atoms with Gasteiger partial charge in [-0.05, 0) is 32.4 Å². The van der Waals surface area contributed by atoms with E-state index in [-0.39, 0.29) is 24.0 Å². The first-order chi connectivity index (χ1) is 11.7. The lowest BCUT2D eigenvalue weighted by molar-refractivity contribution is -0.153. The van der Waals surface area contributed by atoms with Gasteiger partial charge in [-0.3, -0.25) is 4.79 Å². The van der Waals surface area contributed by atoms with E-state index in [0.29, 0.717) is 18.8 Å². The highest BCUT2D eigenvalue weighted by Gasteiger charge is 2.21. The van der Waals surface area contributed by atoms with Gasteiger partial charge in [0.05, 0.1) is 25.3 Å². The number of benzene rings is 1. The molecule has 1 aliphatic rings. The van der Waals surface area contributed by atoms with Crippen molar-refractivity contribution in [2.75, 3.05) is 18.9 Å². The Morgan fingerprint density at radius 2 is 1.88 bits per heavy atom. The van der Waals surface area contributed by atoms with Crippen molar-refractivity contribution in [2.45, 2.75) is 65.6 Å². The van der Waals surface area contributed by atoms with Gasteiger partial charge in [0.25, 0.3) is 0 Å². The molecule has 25 heavy (non-hydrogen) atoms. The van der Waals surface area contributed by atoms with E-state index in [1.54, 1.807) is 20.8 Å². The Balaban J connectivity index is 0.00000151. The summed E-state index contributed by atoms with van der Waals surface area (Å²) in [6, 6.07) is 2.50. The van der Waals surface area contributed by atoms with Gasteiger partial charge in [-0.15, -0.1) is 0 Å². The first kappa shape index (κ1) is 21.2. The molecule has 2 N–H and O–H groups in total. The number of nitrogens with two attached hydrogens (primary N) is 1.